The minimum absolute atomic E-state index is 0.0116. The van der Waals surface area contributed by atoms with Crippen molar-refractivity contribution in [1.82, 2.24) is 15.0 Å². The van der Waals surface area contributed by atoms with E-state index < -0.39 is 12.7 Å². The van der Waals surface area contributed by atoms with Crippen LogP contribution in [0.3, 0.4) is 0 Å². The molecule has 1 aliphatic heterocycles. The summed E-state index contributed by atoms with van der Waals surface area (Å²) >= 11 is 0. The van der Waals surface area contributed by atoms with Crippen LogP contribution in [-0.2, 0) is 0 Å². The van der Waals surface area contributed by atoms with Crippen LogP contribution in [0.15, 0.2) is 53.1 Å². The van der Waals surface area contributed by atoms with Gasteiger partial charge in [0.05, 0.1) is 12.0 Å². The van der Waals surface area contributed by atoms with Crippen LogP contribution < -0.4 is 4.74 Å². The van der Waals surface area contributed by atoms with Crippen molar-refractivity contribution in [2.45, 2.75) is 31.5 Å². The number of aromatic nitrogens is 2. The minimum atomic E-state index is -2.88. The molecule has 164 valence electrons. The first kappa shape index (κ1) is 21.3. The first-order valence-corrected chi connectivity index (χ1v) is 10.0. The van der Waals surface area contributed by atoms with E-state index in [0.29, 0.717) is 35.9 Å². The summed E-state index contributed by atoms with van der Waals surface area (Å²) in [5.41, 5.74) is 1.17. The van der Waals surface area contributed by atoms with Gasteiger partial charge in [0.25, 0.3) is 0 Å². The molecule has 1 aliphatic rings. The van der Waals surface area contributed by atoms with Crippen molar-refractivity contribution >= 4 is 0 Å². The van der Waals surface area contributed by atoms with Gasteiger partial charge in [-0.3, -0.25) is 4.90 Å². The Hall–Kier alpha value is -2.91. The fourth-order valence-corrected chi connectivity index (χ4v) is 3.79. The number of piperidine rings is 1. The van der Waals surface area contributed by atoms with Gasteiger partial charge >= 0.3 is 6.61 Å². The maximum absolute atomic E-state index is 13.4. The molecular weight excluding hydrogens is 411 g/mol. The predicted molar refractivity (Wildman–Crippen MR) is 106 cm³/mol. The summed E-state index contributed by atoms with van der Waals surface area (Å²) in [6.07, 6.45) is 0.998. The summed E-state index contributed by atoms with van der Waals surface area (Å²) in [6.45, 7) is -1.05. The van der Waals surface area contributed by atoms with Crippen LogP contribution >= 0.6 is 0 Å². The number of likely N-dealkylation sites (tertiary alicyclic amines) is 1. The molecule has 1 saturated heterocycles. The van der Waals surface area contributed by atoms with Gasteiger partial charge in [-0.25, -0.2) is 4.39 Å². The van der Waals surface area contributed by atoms with Crippen molar-refractivity contribution in [2.24, 2.45) is 0 Å². The number of ether oxygens (including phenoxy) is 1. The SMILES string of the molecule is OC(CN1CCCC(c2nc(-c3cccc(F)c3)no2)C1)c1ccc(OC(F)F)cc1. The average molecular weight is 433 g/mol. The molecule has 0 saturated carbocycles. The molecule has 1 fully saturated rings. The van der Waals surface area contributed by atoms with Gasteiger partial charge in [-0.15, -0.1) is 0 Å². The molecule has 31 heavy (non-hydrogen) atoms. The van der Waals surface area contributed by atoms with Crippen LogP contribution in [-0.4, -0.2) is 46.4 Å². The summed E-state index contributed by atoms with van der Waals surface area (Å²) in [7, 11) is 0. The molecular formula is C22H22F3N3O3. The van der Waals surface area contributed by atoms with E-state index in [1.165, 1.54) is 24.3 Å². The first-order valence-electron chi connectivity index (χ1n) is 10.0. The van der Waals surface area contributed by atoms with Gasteiger partial charge in [-0.05, 0) is 49.2 Å². The van der Waals surface area contributed by atoms with Crippen molar-refractivity contribution < 1.29 is 27.5 Å². The highest BCUT2D eigenvalue weighted by Gasteiger charge is 2.27. The van der Waals surface area contributed by atoms with Crippen molar-refractivity contribution in [1.29, 1.82) is 0 Å². The van der Waals surface area contributed by atoms with E-state index >= 15 is 0 Å². The van der Waals surface area contributed by atoms with E-state index in [1.807, 2.05) is 0 Å². The maximum Gasteiger partial charge on any atom is 0.387 e. The fourth-order valence-electron chi connectivity index (χ4n) is 3.79. The Morgan fingerprint density at radius 1 is 1.19 bits per heavy atom. The van der Waals surface area contributed by atoms with Crippen molar-refractivity contribution in [3.05, 3.63) is 65.8 Å². The van der Waals surface area contributed by atoms with E-state index in [1.54, 1.807) is 24.3 Å². The fraction of sp³-hybridized carbons (Fsp3) is 0.364. The second kappa shape index (κ2) is 9.49. The van der Waals surface area contributed by atoms with Crippen molar-refractivity contribution in [2.75, 3.05) is 19.6 Å². The Balaban J connectivity index is 1.37. The van der Waals surface area contributed by atoms with Crippen LogP contribution in [0.25, 0.3) is 11.4 Å². The van der Waals surface area contributed by atoms with Gasteiger partial charge < -0.3 is 14.4 Å². The van der Waals surface area contributed by atoms with Gasteiger partial charge in [0, 0.05) is 18.7 Å². The topological polar surface area (TPSA) is 71.6 Å². The van der Waals surface area contributed by atoms with Crippen LogP contribution in [0, 0.1) is 5.82 Å². The number of aliphatic hydroxyl groups excluding tert-OH is 1. The molecule has 9 heteroatoms. The number of nitrogens with zero attached hydrogens (tertiary/aromatic N) is 3. The molecule has 1 aromatic heterocycles. The molecule has 4 rings (SSSR count). The van der Waals surface area contributed by atoms with Crippen LogP contribution in [0.1, 0.15) is 36.3 Å². The van der Waals surface area contributed by atoms with Crippen molar-refractivity contribution in [3.8, 4) is 17.1 Å². The zero-order chi connectivity index (χ0) is 21.8. The minimum Gasteiger partial charge on any atom is -0.435 e. The molecule has 0 spiro atoms. The van der Waals surface area contributed by atoms with Crippen LogP contribution in [0.4, 0.5) is 13.2 Å². The third-order valence-electron chi connectivity index (χ3n) is 5.30. The van der Waals surface area contributed by atoms with Gasteiger partial charge in [-0.1, -0.05) is 29.4 Å². The van der Waals surface area contributed by atoms with E-state index in [2.05, 4.69) is 19.8 Å². The molecule has 2 atom stereocenters. The lowest BCUT2D eigenvalue weighted by Gasteiger charge is -2.32. The van der Waals surface area contributed by atoms with Gasteiger partial charge in [-0.2, -0.15) is 13.8 Å². The van der Waals surface area contributed by atoms with Gasteiger partial charge in [0.1, 0.15) is 11.6 Å². The largest absolute Gasteiger partial charge is 0.435 e. The zero-order valence-corrected chi connectivity index (χ0v) is 16.6. The number of rotatable bonds is 7. The Morgan fingerprint density at radius 3 is 2.74 bits per heavy atom. The van der Waals surface area contributed by atoms with Crippen LogP contribution in [0.2, 0.25) is 0 Å². The molecule has 0 radical (unpaired) electrons. The molecule has 1 N–H and O–H groups in total. The quantitative estimate of drug-likeness (QED) is 0.596. The first-order chi connectivity index (χ1) is 15.0. The number of hydrogen-bond acceptors (Lipinski definition) is 6. The summed E-state index contributed by atoms with van der Waals surface area (Å²) in [6, 6.07) is 12.0. The molecule has 6 nitrogen and oxygen atoms in total. The van der Waals surface area contributed by atoms with Crippen molar-refractivity contribution in [3.63, 3.8) is 0 Å². The van der Waals surface area contributed by atoms with Crippen LogP contribution in [0.5, 0.6) is 5.75 Å². The average Bonchev–Trinajstić information content (AvgIpc) is 3.24. The molecule has 2 unspecified atom stereocenters. The van der Waals surface area contributed by atoms with E-state index in [0.717, 1.165) is 19.4 Å². The van der Waals surface area contributed by atoms with E-state index in [-0.39, 0.29) is 17.5 Å². The number of halogens is 3. The summed E-state index contributed by atoms with van der Waals surface area (Å²) in [4.78, 5) is 6.55. The Kier molecular flexibility index (Phi) is 6.53. The lowest BCUT2D eigenvalue weighted by atomic mass is 9.97. The van der Waals surface area contributed by atoms with Gasteiger partial charge in [0.2, 0.25) is 11.7 Å². The highest BCUT2D eigenvalue weighted by Crippen LogP contribution is 2.29. The maximum atomic E-state index is 13.4. The van der Waals surface area contributed by atoms with Gasteiger partial charge in [0.15, 0.2) is 0 Å². The third-order valence-corrected chi connectivity index (χ3v) is 5.30. The Bertz CT molecular complexity index is 997. The smallest absolute Gasteiger partial charge is 0.387 e. The normalized spacial score (nSPS) is 18.3. The molecule has 2 heterocycles. The molecule has 0 amide bonds. The Morgan fingerprint density at radius 2 is 2.00 bits per heavy atom. The third kappa shape index (κ3) is 5.42. The monoisotopic (exact) mass is 433 g/mol. The Labute approximate surface area is 177 Å². The van der Waals surface area contributed by atoms with E-state index in [4.69, 9.17) is 4.52 Å². The highest BCUT2D eigenvalue weighted by atomic mass is 19.3. The number of hydrogen-bond donors (Lipinski definition) is 1. The highest BCUT2D eigenvalue weighted by molar-refractivity contribution is 5.53. The predicted octanol–water partition coefficient (Wildman–Crippen LogP) is 4.39. The summed E-state index contributed by atoms with van der Waals surface area (Å²) in [5, 5.41) is 14.5. The second-order valence-corrected chi connectivity index (χ2v) is 7.53. The summed E-state index contributed by atoms with van der Waals surface area (Å²) in [5.74, 6) is 0.534. The zero-order valence-electron chi connectivity index (χ0n) is 16.6. The summed E-state index contributed by atoms with van der Waals surface area (Å²) < 4.78 is 47.8. The van der Waals surface area contributed by atoms with E-state index in [9.17, 15) is 18.3 Å². The number of aliphatic hydroxyl groups is 1. The number of β-amino-alcohol motifs (C(OH)–C–C–N with tert-alkyl or cyclic N) is 1. The molecule has 0 bridgehead atoms. The molecule has 0 aliphatic carbocycles. The lowest BCUT2D eigenvalue weighted by molar-refractivity contribution is -0.0498. The number of alkyl halides is 2. The lowest BCUT2D eigenvalue weighted by Crippen LogP contribution is -2.37. The molecule has 2 aromatic carbocycles. The standard InChI is InChI=1S/C22H22F3N3O3/c23-17-5-1-3-15(11-17)20-26-21(31-27-20)16-4-2-10-28(12-16)13-19(29)14-6-8-18(9-7-14)30-22(24)25/h1,3,5-9,11,16,19,22,29H,2,4,10,12-13H2. The number of benzene rings is 2. The molecule has 3 aromatic rings. The second-order valence-electron chi connectivity index (χ2n) is 7.53.